The number of H-pyrrole nitrogens is 1. The first-order valence-corrected chi connectivity index (χ1v) is 13.4. The molecular formula is C23H34N3O10P. The predicted octanol–water partition coefficient (Wildman–Crippen LogP) is -0.671. The van der Waals surface area contributed by atoms with Crippen LogP contribution in [0.25, 0.3) is 10.9 Å². The Morgan fingerprint density at radius 2 is 1.92 bits per heavy atom. The number of aliphatic hydroxyl groups excluding tert-OH is 2. The highest BCUT2D eigenvalue weighted by atomic mass is 31.2. The number of carbonyl (C=O) groups excluding carboxylic acids is 1. The molecule has 8 N–H and O–H groups in total. The Kier molecular flexibility index (Phi) is 9.48. The Balaban J connectivity index is 1.72. The van der Waals surface area contributed by atoms with E-state index in [4.69, 9.17) is 14.4 Å². The summed E-state index contributed by atoms with van der Waals surface area (Å²) in [6.45, 7) is 4.92. The number of aliphatic hydroxyl groups is 2. The highest BCUT2D eigenvalue weighted by molar-refractivity contribution is 7.49. The number of ether oxygens (including phenoxy) is 1. The molecular weight excluding hydrogens is 509 g/mol. The third-order valence-electron chi connectivity index (χ3n) is 6.14. The van der Waals surface area contributed by atoms with Crippen molar-refractivity contribution >= 4 is 30.5 Å². The summed E-state index contributed by atoms with van der Waals surface area (Å²) in [5.74, 6) is -2.33. The summed E-state index contributed by atoms with van der Waals surface area (Å²) in [5.41, 5.74) is 1.47. The van der Waals surface area contributed by atoms with Crippen LogP contribution in [-0.2, 0) is 29.8 Å². The van der Waals surface area contributed by atoms with Gasteiger partial charge in [0.2, 0.25) is 19.8 Å². The van der Waals surface area contributed by atoms with Crippen molar-refractivity contribution in [2.75, 3.05) is 0 Å². The minimum Gasteiger partial charge on any atom is -0.766 e. The Morgan fingerprint density at radius 1 is 1.24 bits per heavy atom. The van der Waals surface area contributed by atoms with E-state index in [9.17, 15) is 34.4 Å². The molecule has 1 aliphatic rings. The van der Waals surface area contributed by atoms with Crippen molar-refractivity contribution < 1.29 is 48.7 Å². The molecule has 1 saturated heterocycles. The van der Waals surface area contributed by atoms with E-state index >= 15 is 0 Å². The van der Waals surface area contributed by atoms with Gasteiger partial charge in [0.15, 0.2) is 12.4 Å². The van der Waals surface area contributed by atoms with Crippen LogP contribution in [0.1, 0.15) is 32.8 Å². The first-order chi connectivity index (χ1) is 17.3. The van der Waals surface area contributed by atoms with Crippen LogP contribution >= 0.6 is 7.75 Å². The van der Waals surface area contributed by atoms with Crippen LogP contribution in [-0.4, -0.2) is 80.1 Å². The minimum absolute atomic E-state index is 0.0166. The lowest BCUT2D eigenvalue weighted by atomic mass is 10.0. The molecule has 37 heavy (non-hydrogen) atoms. The lowest BCUT2D eigenvalue weighted by Gasteiger charge is -2.40. The summed E-state index contributed by atoms with van der Waals surface area (Å²) in [5, 5.41) is 42.9. The molecule has 1 fully saturated rings. The van der Waals surface area contributed by atoms with Gasteiger partial charge in [-0.25, -0.2) is 9.88 Å². The number of hydrogen-bond donors (Lipinski definition) is 6. The molecule has 0 radical (unpaired) electrons. The van der Waals surface area contributed by atoms with Gasteiger partial charge in [-0.1, -0.05) is 32.0 Å². The molecule has 0 spiro atoms. The highest BCUT2D eigenvalue weighted by Gasteiger charge is 2.46. The standard InChI is InChI=1S/C23H34N3O10P/c1-11(2)8-16(26-37(33,34)36-23-20(29)19(28)18(27)12(3)35-23)21(30)25-17(22(31)32)9-13-10-24-15-7-5-4-6-14(13)15/h4-7,10-12,16-20,23-24,27-29H,8-9H2,1-3H3,(H,25,30)(H,31,32)(H2,26,33,34)/t12-,16?,17?,18-,19+,20+,23-/m0/s1. The van der Waals surface area contributed by atoms with Gasteiger partial charge in [0.25, 0.3) is 0 Å². The van der Waals surface area contributed by atoms with E-state index in [2.05, 4.69) is 15.4 Å². The van der Waals surface area contributed by atoms with E-state index < -0.39 is 62.4 Å². The number of aromatic amines is 1. The second kappa shape index (κ2) is 12.0. The van der Waals surface area contributed by atoms with Gasteiger partial charge in [0.1, 0.15) is 18.2 Å². The van der Waals surface area contributed by atoms with E-state index in [-0.39, 0.29) is 18.8 Å². The first kappa shape index (κ1) is 29.2. The Morgan fingerprint density at radius 3 is 2.57 bits per heavy atom. The number of nitrogens with one attached hydrogen (secondary N) is 3. The molecule has 3 unspecified atom stereocenters. The average Bonchev–Trinajstić information content (AvgIpc) is 3.22. The SMILES string of the molecule is CC(C)CC(NP(=O)([O-])O[C@@H]1O[C@@H](C)[C@H]([OH2+])[C@@H](O)[C@H]1O)C(=O)NC(Cc1c[nH]c2ccccc12)C(=O)O. The maximum absolute atomic E-state index is 13.1. The van der Waals surface area contributed by atoms with Crippen molar-refractivity contribution in [3.05, 3.63) is 36.0 Å². The number of rotatable bonds is 11. The third kappa shape index (κ3) is 7.37. The van der Waals surface area contributed by atoms with Gasteiger partial charge in [0.05, 0.1) is 6.04 Å². The predicted molar refractivity (Wildman–Crippen MR) is 130 cm³/mol. The molecule has 2 aromatic rings. The molecule has 1 aliphatic heterocycles. The molecule has 1 aromatic carbocycles. The van der Waals surface area contributed by atoms with Crippen molar-refractivity contribution in [1.82, 2.24) is 15.4 Å². The number of aromatic nitrogens is 1. The van der Waals surface area contributed by atoms with Crippen molar-refractivity contribution in [1.29, 1.82) is 0 Å². The fourth-order valence-electron chi connectivity index (χ4n) is 4.16. The van der Waals surface area contributed by atoms with Crippen LogP contribution in [0.3, 0.4) is 0 Å². The molecule has 2 heterocycles. The van der Waals surface area contributed by atoms with Crippen LogP contribution in [0.5, 0.6) is 0 Å². The molecule has 8 atom stereocenters. The number of carboxylic acid groups (broad SMARTS) is 1. The van der Waals surface area contributed by atoms with Crippen molar-refractivity contribution in [2.45, 2.75) is 76.4 Å². The van der Waals surface area contributed by atoms with Crippen LogP contribution in [0.4, 0.5) is 0 Å². The van der Waals surface area contributed by atoms with Gasteiger partial charge in [-0.3, -0.25) is 13.9 Å². The molecule has 0 aliphatic carbocycles. The average molecular weight is 544 g/mol. The summed E-state index contributed by atoms with van der Waals surface area (Å²) < 4.78 is 22.9. The molecule has 0 bridgehead atoms. The number of aliphatic carboxylic acids is 1. The first-order valence-electron chi connectivity index (χ1n) is 11.9. The van der Waals surface area contributed by atoms with Crippen LogP contribution in [0.2, 0.25) is 0 Å². The number of amides is 1. The Labute approximate surface area is 213 Å². The number of benzene rings is 1. The van der Waals surface area contributed by atoms with Crippen molar-refractivity contribution in [2.24, 2.45) is 5.92 Å². The fourth-order valence-corrected chi connectivity index (χ4v) is 5.27. The zero-order valence-corrected chi connectivity index (χ0v) is 21.6. The molecule has 206 valence electrons. The zero-order valence-electron chi connectivity index (χ0n) is 20.7. The zero-order chi connectivity index (χ0) is 27.5. The topological polar surface area (TPSA) is 216 Å². The third-order valence-corrected chi connectivity index (χ3v) is 7.26. The fraction of sp³-hybridized carbons (Fsp3) is 0.565. The Bertz CT molecular complexity index is 1140. The maximum Gasteiger partial charge on any atom is 0.326 e. The molecule has 13 nitrogen and oxygen atoms in total. The van der Waals surface area contributed by atoms with Gasteiger partial charge in [-0.15, -0.1) is 0 Å². The summed E-state index contributed by atoms with van der Waals surface area (Å²) in [6.07, 6.45) is -5.73. The molecule has 1 aromatic heterocycles. The molecule has 3 rings (SSSR count). The van der Waals surface area contributed by atoms with Gasteiger partial charge in [0, 0.05) is 23.5 Å². The maximum atomic E-state index is 13.1. The number of carboxylic acids is 1. The summed E-state index contributed by atoms with van der Waals surface area (Å²) in [7, 11) is -5.06. The van der Waals surface area contributed by atoms with Crippen LogP contribution in [0, 0.1) is 5.92 Å². The molecule has 1 amide bonds. The van der Waals surface area contributed by atoms with Gasteiger partial charge in [-0.05, 0) is 30.9 Å². The second-order valence-corrected chi connectivity index (χ2v) is 11.1. The normalized spacial score (nSPS) is 27.5. The van der Waals surface area contributed by atoms with E-state index in [1.54, 1.807) is 26.1 Å². The van der Waals surface area contributed by atoms with E-state index in [0.717, 1.165) is 10.9 Å². The summed E-state index contributed by atoms with van der Waals surface area (Å²) in [6, 6.07) is 4.55. The van der Waals surface area contributed by atoms with Gasteiger partial charge >= 0.3 is 5.97 Å². The minimum atomic E-state index is -5.06. The second-order valence-electron chi connectivity index (χ2n) is 9.59. The number of para-hydroxylation sites is 1. The highest BCUT2D eigenvalue weighted by Crippen LogP contribution is 2.38. The Hall–Kier alpha value is -2.35. The van der Waals surface area contributed by atoms with Crippen molar-refractivity contribution in [3.8, 4) is 0 Å². The smallest absolute Gasteiger partial charge is 0.326 e. The number of hydrogen-bond acceptors (Lipinski definition) is 8. The van der Waals surface area contributed by atoms with Crippen molar-refractivity contribution in [3.63, 3.8) is 0 Å². The van der Waals surface area contributed by atoms with E-state index in [1.807, 2.05) is 18.2 Å². The van der Waals surface area contributed by atoms with Gasteiger partial charge in [-0.2, -0.15) is 0 Å². The lowest BCUT2D eigenvalue weighted by Crippen LogP contribution is -2.58. The largest absolute Gasteiger partial charge is 0.766 e. The number of carbonyl (C=O) groups is 2. The summed E-state index contributed by atoms with van der Waals surface area (Å²) in [4.78, 5) is 40.8. The quantitative estimate of drug-likeness (QED) is 0.155. The number of fused-ring (bicyclic) bond motifs is 1. The molecule has 0 saturated carbocycles. The van der Waals surface area contributed by atoms with Crippen LogP contribution < -0.4 is 15.3 Å². The monoisotopic (exact) mass is 543 g/mol. The van der Waals surface area contributed by atoms with E-state index in [1.165, 1.54) is 6.92 Å². The van der Waals surface area contributed by atoms with E-state index in [0.29, 0.717) is 5.56 Å². The molecule has 14 heteroatoms. The van der Waals surface area contributed by atoms with Gasteiger partial charge < -0.3 is 40.4 Å². The summed E-state index contributed by atoms with van der Waals surface area (Å²) >= 11 is 0. The van der Waals surface area contributed by atoms with Crippen LogP contribution in [0.15, 0.2) is 30.5 Å². The lowest BCUT2D eigenvalue weighted by molar-refractivity contribution is -0.290.